The summed E-state index contributed by atoms with van der Waals surface area (Å²) < 4.78 is 2.33. The van der Waals surface area contributed by atoms with Gasteiger partial charge in [-0.05, 0) is 40.5 Å². The molecule has 0 spiro atoms. The average Bonchev–Trinajstić information content (AvgIpc) is 2.58. The van der Waals surface area contributed by atoms with E-state index >= 15 is 0 Å². The molecule has 3 nitrogen and oxygen atoms in total. The number of H-pyrrole nitrogens is 1. The van der Waals surface area contributed by atoms with Crippen molar-refractivity contribution in [3.8, 4) is 5.69 Å². The third-order valence-corrected chi connectivity index (χ3v) is 3.18. The molecule has 0 saturated carbocycles. The molecule has 1 aromatic heterocycles. The number of aromatic amines is 1. The van der Waals surface area contributed by atoms with Gasteiger partial charge in [0.25, 0.3) is 0 Å². The predicted molar refractivity (Wildman–Crippen MR) is 63.8 cm³/mol. The number of nitrogens with one attached hydrogen (secondary N) is 1. The van der Waals surface area contributed by atoms with Crippen LogP contribution in [-0.4, -0.2) is 9.55 Å². The molecule has 1 N–H and O–H groups in total. The lowest BCUT2D eigenvalue weighted by Crippen LogP contribution is -2.14. The third-order valence-electron chi connectivity index (χ3n) is 2.14. The minimum Gasteiger partial charge on any atom is -0.312 e. The van der Waals surface area contributed by atoms with Gasteiger partial charge in [0.05, 0.1) is 5.69 Å². The second-order valence-electron chi connectivity index (χ2n) is 3.19. The van der Waals surface area contributed by atoms with E-state index in [-0.39, 0.29) is 5.69 Å². The maximum absolute atomic E-state index is 11.4. The van der Waals surface area contributed by atoms with Crippen molar-refractivity contribution < 1.29 is 0 Å². The summed E-state index contributed by atoms with van der Waals surface area (Å²) in [6.07, 6.45) is 3.25. The van der Waals surface area contributed by atoms with Crippen LogP contribution < -0.4 is 5.69 Å². The summed E-state index contributed by atoms with van der Waals surface area (Å²) >= 11 is 9.41. The third kappa shape index (κ3) is 1.87. The summed E-state index contributed by atoms with van der Waals surface area (Å²) in [5, 5.41) is 0.640. The van der Waals surface area contributed by atoms with Gasteiger partial charge in [-0.2, -0.15) is 0 Å². The Kier molecular flexibility index (Phi) is 2.71. The maximum atomic E-state index is 11.4. The Morgan fingerprint density at radius 3 is 2.80 bits per heavy atom. The molecule has 0 atom stereocenters. The fourth-order valence-corrected chi connectivity index (χ4v) is 2.14. The van der Waals surface area contributed by atoms with Gasteiger partial charge in [0.1, 0.15) is 0 Å². The molecule has 2 rings (SSSR count). The highest BCUT2D eigenvalue weighted by Gasteiger charge is 2.07. The van der Waals surface area contributed by atoms with E-state index in [1.165, 1.54) is 4.57 Å². The Morgan fingerprint density at radius 1 is 1.47 bits per heavy atom. The normalized spacial score (nSPS) is 10.6. The lowest BCUT2D eigenvalue weighted by molar-refractivity contribution is 0.980. The van der Waals surface area contributed by atoms with Crippen molar-refractivity contribution in [1.82, 2.24) is 9.55 Å². The first-order valence-electron chi connectivity index (χ1n) is 4.31. The molecule has 0 unspecified atom stereocenters. The molecule has 0 radical (unpaired) electrons. The topological polar surface area (TPSA) is 37.8 Å². The summed E-state index contributed by atoms with van der Waals surface area (Å²) in [6.45, 7) is 1.91. The van der Waals surface area contributed by atoms with Crippen molar-refractivity contribution in [2.75, 3.05) is 0 Å². The summed E-state index contributed by atoms with van der Waals surface area (Å²) in [5.41, 5.74) is 1.52. The zero-order chi connectivity index (χ0) is 11.0. The molecule has 0 bridgehead atoms. The highest BCUT2D eigenvalue weighted by atomic mass is 79.9. The number of hydrogen-bond acceptors (Lipinski definition) is 1. The molecule has 15 heavy (non-hydrogen) atoms. The molecule has 5 heteroatoms. The van der Waals surface area contributed by atoms with Crippen molar-refractivity contribution in [3.05, 3.63) is 50.1 Å². The van der Waals surface area contributed by atoms with Gasteiger partial charge in [0.15, 0.2) is 0 Å². The van der Waals surface area contributed by atoms with Crippen LogP contribution >= 0.6 is 27.5 Å². The molecule has 0 fully saturated rings. The van der Waals surface area contributed by atoms with Gasteiger partial charge >= 0.3 is 5.69 Å². The minimum absolute atomic E-state index is 0.185. The number of hydrogen-bond donors (Lipinski definition) is 1. The SMILES string of the molecule is Cc1cc(Br)c(-n2cc[nH]c2=O)cc1Cl. The van der Waals surface area contributed by atoms with E-state index in [9.17, 15) is 4.79 Å². The highest BCUT2D eigenvalue weighted by Crippen LogP contribution is 2.26. The van der Waals surface area contributed by atoms with E-state index in [2.05, 4.69) is 20.9 Å². The number of aromatic nitrogens is 2. The lowest BCUT2D eigenvalue weighted by Gasteiger charge is -2.07. The van der Waals surface area contributed by atoms with Crippen molar-refractivity contribution >= 4 is 27.5 Å². The van der Waals surface area contributed by atoms with E-state index in [0.717, 1.165) is 15.7 Å². The van der Waals surface area contributed by atoms with Crippen LogP contribution in [0.25, 0.3) is 5.69 Å². The fourth-order valence-electron chi connectivity index (χ4n) is 1.33. The first-order chi connectivity index (χ1) is 7.09. The molecule has 0 amide bonds. The quantitative estimate of drug-likeness (QED) is 0.860. The summed E-state index contributed by atoms with van der Waals surface area (Å²) in [5.74, 6) is 0. The predicted octanol–water partition coefficient (Wildman–Crippen LogP) is 2.89. The smallest absolute Gasteiger partial charge is 0.312 e. The van der Waals surface area contributed by atoms with Crippen molar-refractivity contribution in [3.63, 3.8) is 0 Å². The number of aryl methyl sites for hydroxylation is 1. The van der Waals surface area contributed by atoms with Crippen molar-refractivity contribution in [2.24, 2.45) is 0 Å². The zero-order valence-electron chi connectivity index (χ0n) is 7.92. The summed E-state index contributed by atoms with van der Waals surface area (Å²) in [6, 6.07) is 3.65. The number of rotatable bonds is 1. The number of benzene rings is 1. The first-order valence-corrected chi connectivity index (χ1v) is 5.49. The average molecular weight is 288 g/mol. The molecular weight excluding hydrogens is 279 g/mol. The standard InChI is InChI=1S/C10H8BrClN2O/c1-6-4-7(11)9(5-8(6)12)14-3-2-13-10(14)15/h2-5H,1H3,(H,13,15). The molecule has 2 aromatic rings. The van der Waals surface area contributed by atoms with Gasteiger partial charge in [-0.3, -0.25) is 4.57 Å². The van der Waals surface area contributed by atoms with E-state index in [1.807, 2.05) is 13.0 Å². The highest BCUT2D eigenvalue weighted by molar-refractivity contribution is 9.10. The van der Waals surface area contributed by atoms with Crippen LogP contribution in [-0.2, 0) is 0 Å². The second-order valence-corrected chi connectivity index (χ2v) is 4.45. The van der Waals surface area contributed by atoms with Gasteiger partial charge in [0.2, 0.25) is 0 Å². The molecule has 1 aromatic carbocycles. The Balaban J connectivity index is 2.69. The van der Waals surface area contributed by atoms with E-state index < -0.39 is 0 Å². The van der Waals surface area contributed by atoms with Gasteiger partial charge in [-0.1, -0.05) is 11.6 Å². The number of halogens is 2. The van der Waals surface area contributed by atoms with E-state index in [1.54, 1.807) is 18.5 Å². The number of imidazole rings is 1. The van der Waals surface area contributed by atoms with Gasteiger partial charge in [0, 0.05) is 21.9 Å². The molecule has 0 aliphatic rings. The Labute approximate surface area is 99.8 Å². The summed E-state index contributed by atoms with van der Waals surface area (Å²) in [4.78, 5) is 14.0. The van der Waals surface area contributed by atoms with Crippen LogP contribution in [0.5, 0.6) is 0 Å². The van der Waals surface area contributed by atoms with E-state index in [0.29, 0.717) is 5.02 Å². The first kappa shape index (κ1) is 10.5. The molecule has 0 saturated heterocycles. The van der Waals surface area contributed by atoms with Crippen LogP contribution in [0.3, 0.4) is 0 Å². The van der Waals surface area contributed by atoms with Crippen LogP contribution in [0.4, 0.5) is 0 Å². The van der Waals surface area contributed by atoms with Gasteiger partial charge < -0.3 is 4.98 Å². The van der Waals surface area contributed by atoms with Crippen LogP contribution in [0.1, 0.15) is 5.56 Å². The molecule has 0 aliphatic carbocycles. The minimum atomic E-state index is -0.185. The molecule has 78 valence electrons. The van der Waals surface area contributed by atoms with Crippen LogP contribution in [0.2, 0.25) is 5.02 Å². The van der Waals surface area contributed by atoms with Crippen LogP contribution in [0, 0.1) is 6.92 Å². The Morgan fingerprint density at radius 2 is 2.20 bits per heavy atom. The fraction of sp³-hybridized carbons (Fsp3) is 0.100. The van der Waals surface area contributed by atoms with Gasteiger partial charge in [-0.25, -0.2) is 4.79 Å². The lowest BCUT2D eigenvalue weighted by atomic mass is 10.2. The van der Waals surface area contributed by atoms with Crippen molar-refractivity contribution in [1.29, 1.82) is 0 Å². The Hall–Kier alpha value is -1.00. The maximum Gasteiger partial charge on any atom is 0.330 e. The van der Waals surface area contributed by atoms with E-state index in [4.69, 9.17) is 11.6 Å². The Bertz CT molecular complexity index is 559. The monoisotopic (exact) mass is 286 g/mol. The second kappa shape index (κ2) is 3.87. The van der Waals surface area contributed by atoms with Crippen molar-refractivity contribution in [2.45, 2.75) is 6.92 Å². The molecule has 0 aliphatic heterocycles. The zero-order valence-corrected chi connectivity index (χ0v) is 10.3. The molecular formula is C10H8BrClN2O. The van der Waals surface area contributed by atoms with Gasteiger partial charge in [-0.15, -0.1) is 0 Å². The largest absolute Gasteiger partial charge is 0.330 e. The summed E-state index contributed by atoms with van der Waals surface area (Å²) in [7, 11) is 0. The molecule has 1 heterocycles. The van der Waals surface area contributed by atoms with Crippen LogP contribution in [0.15, 0.2) is 33.8 Å². The number of nitrogens with zero attached hydrogens (tertiary/aromatic N) is 1.